The molecule has 0 aromatic carbocycles. The van der Waals surface area contributed by atoms with Crippen LogP contribution in [0.1, 0.15) is 26.7 Å². The quantitative estimate of drug-likeness (QED) is 0.693. The van der Waals surface area contributed by atoms with Crippen LogP contribution in [-0.2, 0) is 9.84 Å². The third-order valence-electron chi connectivity index (χ3n) is 1.97. The Morgan fingerprint density at radius 3 is 2.17 bits per heavy atom. The van der Waals surface area contributed by atoms with E-state index in [4.69, 9.17) is 0 Å². The molecule has 12 heavy (non-hydrogen) atoms. The topological polar surface area (TPSA) is 34.1 Å². The van der Waals surface area contributed by atoms with E-state index in [0.29, 0.717) is 22.0 Å². The summed E-state index contributed by atoms with van der Waals surface area (Å²) in [5, 5.41) is 1.20. The molecule has 0 atom stereocenters. The van der Waals surface area contributed by atoms with Gasteiger partial charge in [-0.3, -0.25) is 0 Å². The predicted octanol–water partition coefficient (Wildman–Crippen LogP) is 1.71. The third kappa shape index (κ3) is 3.35. The average molecular weight is 208 g/mol. The van der Waals surface area contributed by atoms with Crippen molar-refractivity contribution < 1.29 is 8.42 Å². The average Bonchev–Trinajstić information content (AvgIpc) is 1.93. The van der Waals surface area contributed by atoms with E-state index in [1.165, 1.54) is 0 Å². The van der Waals surface area contributed by atoms with Crippen molar-refractivity contribution in [3.05, 3.63) is 0 Å². The summed E-state index contributed by atoms with van der Waals surface area (Å²) in [6.07, 6.45) is 1.70. The Balaban J connectivity index is 2.36. The minimum absolute atomic E-state index is 0.400. The minimum Gasteiger partial charge on any atom is -0.229 e. The Morgan fingerprint density at radius 1 is 1.25 bits per heavy atom. The van der Waals surface area contributed by atoms with Crippen LogP contribution in [0, 0.1) is 0 Å². The maximum Gasteiger partial charge on any atom is 0.150 e. The smallest absolute Gasteiger partial charge is 0.150 e. The van der Waals surface area contributed by atoms with Crippen molar-refractivity contribution >= 4 is 21.6 Å². The predicted molar refractivity (Wildman–Crippen MR) is 54.4 cm³/mol. The number of hydrogen-bond acceptors (Lipinski definition) is 3. The first-order chi connectivity index (χ1) is 5.49. The summed E-state index contributed by atoms with van der Waals surface area (Å²) < 4.78 is 22.1. The zero-order valence-corrected chi connectivity index (χ0v) is 9.25. The Hall–Kier alpha value is 0.300. The highest BCUT2D eigenvalue weighted by Crippen LogP contribution is 2.27. The first-order valence-corrected chi connectivity index (χ1v) is 7.12. The van der Waals surface area contributed by atoms with Crippen LogP contribution >= 0.6 is 11.8 Å². The van der Waals surface area contributed by atoms with E-state index in [1.54, 1.807) is 0 Å². The van der Waals surface area contributed by atoms with Crippen LogP contribution in [0.15, 0.2) is 0 Å². The lowest BCUT2D eigenvalue weighted by Gasteiger charge is -2.22. The molecule has 1 aliphatic rings. The Morgan fingerprint density at radius 2 is 1.75 bits per heavy atom. The normalized spacial score (nSPS) is 24.6. The molecule has 2 nitrogen and oxygen atoms in total. The van der Waals surface area contributed by atoms with E-state index in [-0.39, 0.29) is 0 Å². The fourth-order valence-electron chi connectivity index (χ4n) is 1.39. The summed E-state index contributed by atoms with van der Waals surface area (Å²) >= 11 is 1.91. The summed E-state index contributed by atoms with van der Waals surface area (Å²) in [6.45, 7) is 4.32. The SMILES string of the molecule is CC(C)SC1CCS(=O)(=O)CC1. The largest absolute Gasteiger partial charge is 0.229 e. The molecule has 0 radical (unpaired) electrons. The van der Waals surface area contributed by atoms with Gasteiger partial charge >= 0.3 is 0 Å². The van der Waals surface area contributed by atoms with Gasteiger partial charge in [0, 0.05) is 5.25 Å². The standard InChI is InChI=1S/C8H16O2S2/c1-7(2)11-8-3-5-12(9,10)6-4-8/h7-8H,3-6H2,1-2H3. The molecule has 1 aliphatic heterocycles. The van der Waals surface area contributed by atoms with Gasteiger partial charge in [-0.1, -0.05) is 13.8 Å². The lowest BCUT2D eigenvalue weighted by Crippen LogP contribution is -2.25. The van der Waals surface area contributed by atoms with Gasteiger partial charge in [0.05, 0.1) is 11.5 Å². The van der Waals surface area contributed by atoms with E-state index >= 15 is 0 Å². The second kappa shape index (κ2) is 4.01. The Kier molecular flexibility index (Phi) is 3.47. The van der Waals surface area contributed by atoms with Crippen molar-refractivity contribution in [3.63, 3.8) is 0 Å². The van der Waals surface area contributed by atoms with Crippen LogP contribution in [0.2, 0.25) is 0 Å². The van der Waals surface area contributed by atoms with Crippen molar-refractivity contribution in [2.75, 3.05) is 11.5 Å². The number of sulfone groups is 1. The van der Waals surface area contributed by atoms with Gasteiger partial charge in [-0.25, -0.2) is 8.42 Å². The van der Waals surface area contributed by atoms with Crippen LogP contribution in [0.4, 0.5) is 0 Å². The van der Waals surface area contributed by atoms with Crippen molar-refractivity contribution in [1.82, 2.24) is 0 Å². The minimum atomic E-state index is -2.66. The zero-order chi connectivity index (χ0) is 9.19. The van der Waals surface area contributed by atoms with Gasteiger partial charge in [0.15, 0.2) is 0 Å². The molecule has 0 aromatic heterocycles. The summed E-state index contributed by atoms with van der Waals surface area (Å²) in [5.41, 5.74) is 0. The third-order valence-corrected chi connectivity index (χ3v) is 5.08. The molecule has 4 heteroatoms. The second-order valence-electron chi connectivity index (χ2n) is 3.54. The lowest BCUT2D eigenvalue weighted by molar-refractivity contribution is 0.577. The van der Waals surface area contributed by atoms with E-state index in [1.807, 2.05) is 11.8 Å². The van der Waals surface area contributed by atoms with Gasteiger partial charge in [-0.15, -0.1) is 0 Å². The Labute approximate surface area is 79.0 Å². The van der Waals surface area contributed by atoms with E-state index < -0.39 is 9.84 Å². The second-order valence-corrected chi connectivity index (χ2v) is 7.72. The maximum atomic E-state index is 11.1. The summed E-state index contributed by atoms with van der Waals surface area (Å²) in [6, 6.07) is 0. The van der Waals surface area contributed by atoms with Crippen LogP contribution < -0.4 is 0 Å². The van der Waals surface area contributed by atoms with Crippen molar-refractivity contribution in [2.24, 2.45) is 0 Å². The molecule has 72 valence electrons. The molecule has 1 saturated heterocycles. The van der Waals surface area contributed by atoms with Crippen molar-refractivity contribution in [1.29, 1.82) is 0 Å². The highest BCUT2D eigenvalue weighted by Gasteiger charge is 2.24. The number of hydrogen-bond donors (Lipinski definition) is 0. The van der Waals surface area contributed by atoms with E-state index in [0.717, 1.165) is 12.8 Å². The molecular formula is C8H16O2S2. The van der Waals surface area contributed by atoms with Crippen molar-refractivity contribution in [2.45, 2.75) is 37.2 Å². The molecule has 0 aromatic rings. The summed E-state index contributed by atoms with van der Waals surface area (Å²) in [5.74, 6) is 0.800. The molecule has 1 fully saturated rings. The van der Waals surface area contributed by atoms with Crippen LogP contribution in [0.25, 0.3) is 0 Å². The molecule has 1 rings (SSSR count). The molecule has 0 unspecified atom stereocenters. The fourth-order valence-corrected chi connectivity index (χ4v) is 4.46. The molecule has 0 saturated carbocycles. The van der Waals surface area contributed by atoms with Gasteiger partial charge < -0.3 is 0 Å². The maximum absolute atomic E-state index is 11.1. The lowest BCUT2D eigenvalue weighted by atomic mass is 10.2. The highest BCUT2D eigenvalue weighted by molar-refractivity contribution is 8.00. The first kappa shape index (κ1) is 10.4. The summed E-state index contributed by atoms with van der Waals surface area (Å²) in [7, 11) is -2.66. The molecule has 0 N–H and O–H groups in total. The van der Waals surface area contributed by atoms with Crippen molar-refractivity contribution in [3.8, 4) is 0 Å². The first-order valence-electron chi connectivity index (χ1n) is 4.35. The van der Waals surface area contributed by atoms with Gasteiger partial charge in [0.1, 0.15) is 9.84 Å². The van der Waals surface area contributed by atoms with Gasteiger partial charge in [0.2, 0.25) is 0 Å². The van der Waals surface area contributed by atoms with Gasteiger partial charge in [-0.05, 0) is 18.1 Å². The van der Waals surface area contributed by atoms with Gasteiger partial charge in [0.25, 0.3) is 0 Å². The van der Waals surface area contributed by atoms with Crippen LogP contribution in [0.5, 0.6) is 0 Å². The number of thioether (sulfide) groups is 1. The van der Waals surface area contributed by atoms with Gasteiger partial charge in [-0.2, -0.15) is 11.8 Å². The molecule has 0 bridgehead atoms. The van der Waals surface area contributed by atoms with Crippen LogP contribution in [0.3, 0.4) is 0 Å². The monoisotopic (exact) mass is 208 g/mol. The molecular weight excluding hydrogens is 192 g/mol. The van der Waals surface area contributed by atoms with E-state index in [9.17, 15) is 8.42 Å². The molecule has 0 spiro atoms. The highest BCUT2D eigenvalue weighted by atomic mass is 32.2. The number of rotatable bonds is 2. The summed E-state index contributed by atoms with van der Waals surface area (Å²) in [4.78, 5) is 0. The van der Waals surface area contributed by atoms with Crippen LogP contribution in [-0.4, -0.2) is 30.4 Å². The molecule has 0 aliphatic carbocycles. The zero-order valence-electron chi connectivity index (χ0n) is 7.62. The Bertz CT molecular complexity index is 217. The van der Waals surface area contributed by atoms with E-state index in [2.05, 4.69) is 13.8 Å². The fraction of sp³-hybridized carbons (Fsp3) is 1.00. The molecule has 0 amide bonds. The molecule has 1 heterocycles.